The number of amides is 1. The summed E-state index contributed by atoms with van der Waals surface area (Å²) >= 11 is 0. The molecule has 4 nitrogen and oxygen atoms in total. The van der Waals surface area contributed by atoms with Crippen molar-refractivity contribution in [3.05, 3.63) is 71.8 Å². The van der Waals surface area contributed by atoms with Crippen molar-refractivity contribution < 1.29 is 23.1 Å². The van der Waals surface area contributed by atoms with Gasteiger partial charge in [0.05, 0.1) is 6.42 Å². The maximum atomic E-state index is 14.6. The number of hydrogen-bond donors (Lipinski definition) is 0. The van der Waals surface area contributed by atoms with E-state index in [0.29, 0.717) is 5.56 Å². The van der Waals surface area contributed by atoms with Crippen LogP contribution in [-0.4, -0.2) is 35.8 Å². The van der Waals surface area contributed by atoms with E-state index in [1.54, 1.807) is 30.3 Å². The number of carbonyl (C=O) groups is 2. The quantitative estimate of drug-likeness (QED) is 0.660. The number of carbonyl (C=O) groups excluding carboxylic acids is 2. The van der Waals surface area contributed by atoms with Gasteiger partial charge in [0.1, 0.15) is 6.61 Å². The van der Waals surface area contributed by atoms with E-state index in [9.17, 15) is 18.4 Å². The van der Waals surface area contributed by atoms with Crippen molar-refractivity contribution >= 4 is 11.9 Å². The Morgan fingerprint density at radius 2 is 1.54 bits per heavy atom. The van der Waals surface area contributed by atoms with Crippen molar-refractivity contribution in [3.63, 3.8) is 0 Å². The number of rotatable bonds is 6. The van der Waals surface area contributed by atoms with Gasteiger partial charge in [-0.15, -0.1) is 0 Å². The zero-order chi connectivity index (χ0) is 20.0. The molecule has 0 atom stereocenters. The van der Waals surface area contributed by atoms with E-state index < -0.39 is 30.1 Å². The predicted octanol–water partition coefficient (Wildman–Crippen LogP) is 4.94. The Morgan fingerprint density at radius 1 is 0.964 bits per heavy atom. The maximum absolute atomic E-state index is 14.6. The smallest absolute Gasteiger partial charge is 0.410 e. The molecule has 0 N–H and O–H groups in total. The van der Waals surface area contributed by atoms with Crippen LogP contribution in [0.1, 0.15) is 35.2 Å². The first-order chi connectivity index (χ1) is 13.5. The Kier molecular flexibility index (Phi) is 6.39. The Balaban J connectivity index is 1.48. The maximum Gasteiger partial charge on any atom is 0.410 e. The lowest BCUT2D eigenvalue weighted by Gasteiger charge is -2.35. The van der Waals surface area contributed by atoms with Crippen molar-refractivity contribution in [2.45, 2.75) is 31.8 Å². The zero-order valence-corrected chi connectivity index (χ0v) is 15.5. The van der Waals surface area contributed by atoms with E-state index in [2.05, 4.69) is 0 Å². The Bertz CT molecular complexity index is 788. The molecule has 0 spiro atoms. The van der Waals surface area contributed by atoms with Crippen molar-refractivity contribution in [2.24, 2.45) is 5.92 Å². The van der Waals surface area contributed by atoms with E-state index in [0.717, 1.165) is 5.56 Å². The summed E-state index contributed by atoms with van der Waals surface area (Å²) in [7, 11) is 0. The summed E-state index contributed by atoms with van der Waals surface area (Å²) in [6.45, 7) is 0.558. The number of Topliss-reactive ketones (excluding diaryl/α,β-unsaturated/α-hetero) is 1. The summed E-state index contributed by atoms with van der Waals surface area (Å²) < 4.78 is 34.4. The first-order valence-corrected chi connectivity index (χ1v) is 9.37. The molecule has 1 amide bonds. The number of ether oxygens (including phenoxy) is 1. The first kappa shape index (κ1) is 20.0. The monoisotopic (exact) mass is 387 g/mol. The topological polar surface area (TPSA) is 46.6 Å². The number of ketones is 1. The SMILES string of the molecule is O=C(CC(F)(F)C1CCN(C(=O)OCc2ccccc2)CC1)c1ccccc1. The second-order valence-corrected chi connectivity index (χ2v) is 7.03. The molecule has 0 bridgehead atoms. The molecule has 1 fully saturated rings. The van der Waals surface area contributed by atoms with E-state index >= 15 is 0 Å². The van der Waals surface area contributed by atoms with Crippen molar-refractivity contribution in [1.82, 2.24) is 4.90 Å². The van der Waals surface area contributed by atoms with Crippen LogP contribution in [0.4, 0.5) is 13.6 Å². The van der Waals surface area contributed by atoms with Crippen LogP contribution in [0.2, 0.25) is 0 Å². The molecule has 6 heteroatoms. The van der Waals surface area contributed by atoms with Gasteiger partial charge in [-0.2, -0.15) is 0 Å². The van der Waals surface area contributed by atoms with E-state index in [4.69, 9.17) is 4.74 Å². The van der Waals surface area contributed by atoms with Gasteiger partial charge in [0.2, 0.25) is 0 Å². The van der Waals surface area contributed by atoms with Crippen molar-refractivity contribution in [1.29, 1.82) is 0 Å². The van der Waals surface area contributed by atoms with Gasteiger partial charge in [-0.25, -0.2) is 13.6 Å². The van der Waals surface area contributed by atoms with Gasteiger partial charge in [-0.1, -0.05) is 60.7 Å². The minimum Gasteiger partial charge on any atom is -0.445 e. The summed E-state index contributed by atoms with van der Waals surface area (Å²) in [5.41, 5.74) is 1.17. The predicted molar refractivity (Wildman–Crippen MR) is 101 cm³/mol. The van der Waals surface area contributed by atoms with E-state index in [-0.39, 0.29) is 32.5 Å². The van der Waals surface area contributed by atoms with Crippen LogP contribution in [0.25, 0.3) is 0 Å². The second-order valence-electron chi connectivity index (χ2n) is 7.03. The third-order valence-electron chi connectivity index (χ3n) is 5.05. The van der Waals surface area contributed by atoms with Crippen LogP contribution in [0, 0.1) is 5.92 Å². The molecule has 1 aliphatic heterocycles. The van der Waals surface area contributed by atoms with Crippen LogP contribution >= 0.6 is 0 Å². The normalized spacial score (nSPS) is 15.3. The molecule has 0 unspecified atom stereocenters. The molecule has 1 saturated heterocycles. The Labute approximate surface area is 163 Å². The number of alkyl halides is 2. The molecule has 0 aromatic heterocycles. The van der Waals surface area contributed by atoms with Gasteiger partial charge in [0.25, 0.3) is 5.92 Å². The average Bonchev–Trinajstić information content (AvgIpc) is 2.73. The molecule has 148 valence electrons. The van der Waals surface area contributed by atoms with E-state index in [1.165, 1.54) is 4.90 Å². The molecule has 2 aromatic carbocycles. The van der Waals surface area contributed by atoms with Crippen LogP contribution in [0.3, 0.4) is 0 Å². The number of hydrogen-bond acceptors (Lipinski definition) is 3. The lowest BCUT2D eigenvalue weighted by molar-refractivity contribution is -0.0762. The molecule has 0 aliphatic carbocycles. The van der Waals surface area contributed by atoms with Crippen molar-refractivity contribution in [2.75, 3.05) is 13.1 Å². The molecular weight excluding hydrogens is 364 g/mol. The molecule has 1 aliphatic rings. The molecule has 3 rings (SSSR count). The van der Waals surface area contributed by atoms with Gasteiger partial charge in [0.15, 0.2) is 5.78 Å². The fourth-order valence-electron chi connectivity index (χ4n) is 3.38. The average molecular weight is 387 g/mol. The molecular formula is C22H23F2NO3. The van der Waals surface area contributed by atoms with Gasteiger partial charge >= 0.3 is 6.09 Å². The summed E-state index contributed by atoms with van der Waals surface area (Å²) in [6, 6.07) is 17.4. The molecule has 0 saturated carbocycles. The fraction of sp³-hybridized carbons (Fsp3) is 0.364. The minimum atomic E-state index is -3.09. The minimum absolute atomic E-state index is 0.148. The fourth-order valence-corrected chi connectivity index (χ4v) is 3.38. The molecule has 2 aromatic rings. The van der Waals surface area contributed by atoms with Crippen LogP contribution in [-0.2, 0) is 11.3 Å². The number of nitrogens with zero attached hydrogens (tertiary/aromatic N) is 1. The lowest BCUT2D eigenvalue weighted by atomic mass is 9.87. The number of halogens is 2. The largest absolute Gasteiger partial charge is 0.445 e. The Hall–Kier alpha value is -2.76. The second kappa shape index (κ2) is 8.95. The molecule has 28 heavy (non-hydrogen) atoms. The summed E-state index contributed by atoms with van der Waals surface area (Å²) in [4.78, 5) is 25.7. The summed E-state index contributed by atoms with van der Waals surface area (Å²) in [5, 5.41) is 0. The first-order valence-electron chi connectivity index (χ1n) is 9.37. The highest BCUT2D eigenvalue weighted by Crippen LogP contribution is 2.36. The lowest BCUT2D eigenvalue weighted by Crippen LogP contribution is -2.44. The van der Waals surface area contributed by atoms with Gasteiger partial charge < -0.3 is 9.64 Å². The number of piperidine rings is 1. The van der Waals surface area contributed by atoms with Crippen LogP contribution in [0.5, 0.6) is 0 Å². The third kappa shape index (κ3) is 5.15. The van der Waals surface area contributed by atoms with E-state index in [1.807, 2.05) is 30.3 Å². The zero-order valence-electron chi connectivity index (χ0n) is 15.5. The highest BCUT2D eigenvalue weighted by atomic mass is 19.3. The third-order valence-corrected chi connectivity index (χ3v) is 5.05. The molecule has 0 radical (unpaired) electrons. The number of likely N-dealkylation sites (tertiary alicyclic amines) is 1. The van der Waals surface area contributed by atoms with Crippen LogP contribution < -0.4 is 0 Å². The Morgan fingerprint density at radius 3 is 2.14 bits per heavy atom. The van der Waals surface area contributed by atoms with Gasteiger partial charge in [-0.3, -0.25) is 4.79 Å². The number of benzene rings is 2. The van der Waals surface area contributed by atoms with Gasteiger partial charge in [0, 0.05) is 24.6 Å². The highest BCUT2D eigenvalue weighted by Gasteiger charge is 2.43. The summed E-state index contributed by atoms with van der Waals surface area (Å²) in [6.07, 6.45) is -1.00. The van der Waals surface area contributed by atoms with Crippen LogP contribution in [0.15, 0.2) is 60.7 Å². The highest BCUT2D eigenvalue weighted by molar-refractivity contribution is 5.96. The van der Waals surface area contributed by atoms with Gasteiger partial charge in [-0.05, 0) is 18.4 Å². The summed E-state index contributed by atoms with van der Waals surface area (Å²) in [5.74, 6) is -4.57. The molecule has 1 heterocycles. The van der Waals surface area contributed by atoms with Crippen molar-refractivity contribution in [3.8, 4) is 0 Å². The standard InChI is InChI=1S/C22H23F2NO3/c23-22(24,15-20(26)18-9-5-2-6-10-18)19-11-13-25(14-12-19)21(27)28-16-17-7-3-1-4-8-17/h1-10,19H,11-16H2.